The van der Waals surface area contributed by atoms with Crippen LogP contribution in [-0.2, 0) is 13.2 Å². The summed E-state index contributed by atoms with van der Waals surface area (Å²) in [6.45, 7) is 15.0. The lowest BCUT2D eigenvalue weighted by molar-refractivity contribution is 0.0633. The summed E-state index contributed by atoms with van der Waals surface area (Å²) >= 11 is 0. The van der Waals surface area contributed by atoms with Crippen LogP contribution in [0.25, 0.3) is 17.0 Å². The van der Waals surface area contributed by atoms with Gasteiger partial charge in [-0.05, 0) is 68.2 Å². The molecular weight excluding hydrogens is 586 g/mol. The first kappa shape index (κ1) is 38.5. The normalized spacial score (nSPS) is 13.4. The summed E-state index contributed by atoms with van der Waals surface area (Å²) in [5, 5.41) is 9.78. The van der Waals surface area contributed by atoms with E-state index >= 15 is 0 Å². The van der Waals surface area contributed by atoms with Crippen molar-refractivity contribution in [3.05, 3.63) is 76.9 Å². The first-order valence-electron chi connectivity index (χ1n) is 16.2. The fraction of sp³-hybridized carbons (Fsp3) is 0.514. The number of aromatic nitrogens is 4. The molecule has 1 aliphatic rings. The van der Waals surface area contributed by atoms with Crippen molar-refractivity contribution >= 4 is 5.57 Å². The SMILES string of the molecule is C/C=C(\C)C(C)(F)F.CCC(C)C.CCCC=C(C)c1ccc(COc2nc(-c3c(OC)ncnc3C3CC3)ncc2CO)cc1. The molecule has 1 aliphatic carbocycles. The molecule has 46 heavy (non-hydrogen) atoms. The third-order valence-corrected chi connectivity index (χ3v) is 7.68. The summed E-state index contributed by atoms with van der Waals surface area (Å²) in [4.78, 5) is 17.8. The van der Waals surface area contributed by atoms with Crippen molar-refractivity contribution in [2.24, 2.45) is 5.92 Å². The zero-order valence-electron chi connectivity index (χ0n) is 29.0. The lowest BCUT2D eigenvalue weighted by Gasteiger charge is -2.14. The van der Waals surface area contributed by atoms with Crippen LogP contribution in [-0.4, -0.2) is 38.1 Å². The van der Waals surface area contributed by atoms with E-state index in [-0.39, 0.29) is 12.2 Å². The minimum atomic E-state index is -2.63. The highest BCUT2D eigenvalue weighted by Crippen LogP contribution is 2.45. The van der Waals surface area contributed by atoms with Crippen LogP contribution < -0.4 is 9.47 Å². The number of rotatable bonds is 12. The van der Waals surface area contributed by atoms with Gasteiger partial charge in [-0.25, -0.2) is 23.7 Å². The topological polar surface area (TPSA) is 90.3 Å². The predicted octanol–water partition coefficient (Wildman–Crippen LogP) is 9.75. The van der Waals surface area contributed by atoms with Gasteiger partial charge in [0, 0.05) is 19.0 Å². The number of ether oxygens (including phenoxy) is 2. The smallest absolute Gasteiger partial charge is 0.266 e. The van der Waals surface area contributed by atoms with E-state index in [1.807, 2.05) is 0 Å². The van der Waals surface area contributed by atoms with Gasteiger partial charge in [-0.2, -0.15) is 4.98 Å². The standard InChI is InChI=1S/C26H30N4O3.C6H10F2.C5H12/c1-4-5-6-17(2)19-9-7-18(8-10-19)15-33-25-21(14-31)13-27-24(30-25)22-23(20-11-12-20)28-16-29-26(22)32-3;1-4-5(2)6(3,7)8;1-4-5(2)3/h6-10,13,16,20,31H,4-5,11-12,14-15H2,1-3H3;4H,1-3H3;5H,4H2,1-3H3/b;5-4+;. The summed E-state index contributed by atoms with van der Waals surface area (Å²) in [6, 6.07) is 8.32. The van der Waals surface area contributed by atoms with E-state index < -0.39 is 5.92 Å². The Morgan fingerprint density at radius 3 is 2.20 bits per heavy atom. The summed E-state index contributed by atoms with van der Waals surface area (Å²) < 4.78 is 35.6. The van der Waals surface area contributed by atoms with Gasteiger partial charge in [0.15, 0.2) is 5.82 Å². The van der Waals surface area contributed by atoms with E-state index in [9.17, 15) is 13.9 Å². The predicted molar refractivity (Wildman–Crippen MR) is 182 cm³/mol. The van der Waals surface area contributed by atoms with Gasteiger partial charge in [0.2, 0.25) is 11.8 Å². The second-order valence-electron chi connectivity index (χ2n) is 11.9. The Hall–Kier alpha value is -3.72. The lowest BCUT2D eigenvalue weighted by Crippen LogP contribution is -2.10. The second-order valence-corrected chi connectivity index (χ2v) is 11.9. The maximum Gasteiger partial charge on any atom is 0.266 e. The van der Waals surface area contributed by atoms with Gasteiger partial charge in [0.05, 0.1) is 25.0 Å². The third kappa shape index (κ3) is 12.2. The molecule has 1 fully saturated rings. The van der Waals surface area contributed by atoms with Gasteiger partial charge < -0.3 is 14.6 Å². The Balaban J connectivity index is 0.000000478. The lowest BCUT2D eigenvalue weighted by atomic mass is 10.0. The molecule has 7 nitrogen and oxygen atoms in total. The number of allylic oxidation sites excluding steroid dienone is 4. The van der Waals surface area contributed by atoms with Crippen LogP contribution in [0.2, 0.25) is 0 Å². The molecule has 0 spiro atoms. The van der Waals surface area contributed by atoms with Gasteiger partial charge in [-0.1, -0.05) is 77.0 Å². The maximum absolute atomic E-state index is 12.0. The molecule has 9 heteroatoms. The highest BCUT2D eigenvalue weighted by molar-refractivity contribution is 5.66. The number of benzene rings is 1. The molecule has 0 amide bonds. The number of alkyl halides is 2. The minimum absolute atomic E-state index is 0.123. The summed E-state index contributed by atoms with van der Waals surface area (Å²) in [6.07, 6.45) is 12.5. The zero-order valence-corrected chi connectivity index (χ0v) is 29.0. The van der Waals surface area contributed by atoms with Crippen molar-refractivity contribution in [1.29, 1.82) is 0 Å². The van der Waals surface area contributed by atoms with Gasteiger partial charge in [0.25, 0.3) is 5.92 Å². The number of halogens is 2. The fourth-order valence-electron chi connectivity index (χ4n) is 3.91. The molecule has 0 unspecified atom stereocenters. The van der Waals surface area contributed by atoms with Crippen molar-refractivity contribution < 1.29 is 23.4 Å². The van der Waals surface area contributed by atoms with E-state index in [1.54, 1.807) is 20.2 Å². The molecule has 4 rings (SSSR count). The van der Waals surface area contributed by atoms with E-state index in [2.05, 4.69) is 84.9 Å². The van der Waals surface area contributed by atoms with Crippen LogP contribution in [0.3, 0.4) is 0 Å². The van der Waals surface area contributed by atoms with Crippen molar-refractivity contribution in [2.45, 2.75) is 113 Å². The van der Waals surface area contributed by atoms with E-state index in [4.69, 9.17) is 9.47 Å². The second kappa shape index (κ2) is 19.1. The van der Waals surface area contributed by atoms with Crippen LogP contribution in [0.5, 0.6) is 11.8 Å². The molecule has 1 aromatic carbocycles. The van der Waals surface area contributed by atoms with E-state index in [0.29, 0.717) is 41.2 Å². The van der Waals surface area contributed by atoms with Gasteiger partial charge in [-0.15, -0.1) is 0 Å². The van der Waals surface area contributed by atoms with Gasteiger partial charge in [-0.3, -0.25) is 0 Å². The number of unbranched alkanes of at least 4 members (excludes halogenated alkanes) is 1. The molecule has 1 saturated carbocycles. The molecule has 0 radical (unpaired) electrons. The Morgan fingerprint density at radius 1 is 1.07 bits per heavy atom. The monoisotopic (exact) mass is 638 g/mol. The number of aliphatic hydroxyl groups is 1. The number of aliphatic hydroxyl groups excluding tert-OH is 1. The highest BCUT2D eigenvalue weighted by Gasteiger charge is 2.31. The maximum atomic E-state index is 12.0. The van der Waals surface area contributed by atoms with Gasteiger partial charge >= 0.3 is 0 Å². The molecule has 1 N–H and O–H groups in total. The van der Waals surface area contributed by atoms with Crippen LogP contribution in [0.4, 0.5) is 8.78 Å². The third-order valence-electron chi connectivity index (χ3n) is 7.68. The number of nitrogens with zero attached hydrogens (tertiary/aromatic N) is 4. The van der Waals surface area contributed by atoms with Crippen molar-refractivity contribution in [1.82, 2.24) is 19.9 Å². The van der Waals surface area contributed by atoms with Crippen LogP contribution >= 0.6 is 0 Å². The molecule has 2 heterocycles. The number of hydrogen-bond acceptors (Lipinski definition) is 7. The quantitative estimate of drug-likeness (QED) is 0.198. The molecule has 0 bridgehead atoms. The molecule has 2 aromatic heterocycles. The summed E-state index contributed by atoms with van der Waals surface area (Å²) in [5.74, 6) is -0.149. The molecular formula is C37H52F2N4O3. The molecule has 0 aliphatic heterocycles. The van der Waals surface area contributed by atoms with Crippen molar-refractivity contribution in [3.8, 4) is 23.1 Å². The minimum Gasteiger partial charge on any atom is -0.480 e. The summed E-state index contributed by atoms with van der Waals surface area (Å²) in [5.41, 5.74) is 5.73. The largest absolute Gasteiger partial charge is 0.480 e. The molecule has 3 aromatic rings. The number of methoxy groups -OCH3 is 1. The van der Waals surface area contributed by atoms with Gasteiger partial charge in [0.1, 0.15) is 18.5 Å². The average Bonchev–Trinajstić information content (AvgIpc) is 3.91. The molecule has 252 valence electrons. The van der Waals surface area contributed by atoms with Crippen LogP contribution in [0.15, 0.2) is 54.5 Å². The zero-order chi connectivity index (χ0) is 34.3. The van der Waals surface area contributed by atoms with Crippen molar-refractivity contribution in [3.63, 3.8) is 0 Å². The first-order chi connectivity index (χ1) is 21.9. The van der Waals surface area contributed by atoms with Crippen LogP contribution in [0.1, 0.15) is 116 Å². The number of hydrogen-bond donors (Lipinski definition) is 1. The Kier molecular flexibility index (Phi) is 15.9. The Labute approximate surface area is 274 Å². The Morgan fingerprint density at radius 2 is 1.72 bits per heavy atom. The van der Waals surface area contributed by atoms with Crippen LogP contribution in [0, 0.1) is 5.92 Å². The fourth-order valence-corrected chi connectivity index (χ4v) is 3.91. The Bertz CT molecular complexity index is 1410. The summed E-state index contributed by atoms with van der Waals surface area (Å²) in [7, 11) is 1.57. The first-order valence-corrected chi connectivity index (χ1v) is 16.2. The van der Waals surface area contributed by atoms with E-state index in [0.717, 1.165) is 49.8 Å². The highest BCUT2D eigenvalue weighted by atomic mass is 19.3. The molecule has 0 saturated heterocycles. The molecule has 0 atom stereocenters. The van der Waals surface area contributed by atoms with Crippen molar-refractivity contribution in [2.75, 3.05) is 7.11 Å². The average molecular weight is 639 g/mol. The van der Waals surface area contributed by atoms with E-state index in [1.165, 1.54) is 36.9 Å².